The fraction of sp³-hybridized carbons (Fsp3) is 0.389. The van der Waals surface area contributed by atoms with E-state index in [4.69, 9.17) is 8.60 Å². The van der Waals surface area contributed by atoms with Gasteiger partial charge >= 0.3 is 10.1 Å². The highest BCUT2D eigenvalue weighted by Crippen LogP contribution is 2.20. The summed E-state index contributed by atoms with van der Waals surface area (Å²) in [7, 11) is -3.66. The van der Waals surface area contributed by atoms with Crippen molar-refractivity contribution in [3.8, 4) is 5.75 Å². The maximum atomic E-state index is 12.6. The number of furan rings is 1. The van der Waals surface area contributed by atoms with Crippen LogP contribution in [0.1, 0.15) is 43.8 Å². The van der Waals surface area contributed by atoms with Gasteiger partial charge in [-0.3, -0.25) is 4.79 Å². The molecule has 0 unspecified atom stereocenters. The van der Waals surface area contributed by atoms with Gasteiger partial charge in [0.1, 0.15) is 5.75 Å². The van der Waals surface area contributed by atoms with Gasteiger partial charge in [-0.25, -0.2) is 0 Å². The standard InChI is InChI=1S/C18H23NO5S/c1-13(2)19(18(20)17-9-6-10-23-17)12-15-7-5-8-16(11-15)24-25(21,22)14(3)4/h5-11,13-14H,12H2,1-4H3. The Kier molecular flexibility index (Phi) is 5.89. The Labute approximate surface area is 148 Å². The summed E-state index contributed by atoms with van der Waals surface area (Å²) in [5.74, 6) is 0.282. The first-order chi connectivity index (χ1) is 11.7. The lowest BCUT2D eigenvalue weighted by molar-refractivity contribution is 0.0657. The minimum Gasteiger partial charge on any atom is -0.459 e. The second-order valence-electron chi connectivity index (χ2n) is 6.28. The summed E-state index contributed by atoms with van der Waals surface area (Å²) >= 11 is 0. The van der Waals surface area contributed by atoms with Gasteiger partial charge in [-0.1, -0.05) is 12.1 Å². The van der Waals surface area contributed by atoms with Gasteiger partial charge in [-0.05, 0) is 57.5 Å². The van der Waals surface area contributed by atoms with Crippen molar-refractivity contribution in [3.63, 3.8) is 0 Å². The molecule has 0 aliphatic carbocycles. The predicted octanol–water partition coefficient (Wildman–Crippen LogP) is 3.45. The van der Waals surface area contributed by atoms with E-state index in [1.165, 1.54) is 6.26 Å². The summed E-state index contributed by atoms with van der Waals surface area (Å²) in [4.78, 5) is 14.2. The maximum Gasteiger partial charge on any atom is 0.311 e. The van der Waals surface area contributed by atoms with Crippen LogP contribution in [-0.4, -0.2) is 30.5 Å². The van der Waals surface area contributed by atoms with Gasteiger partial charge in [0, 0.05) is 12.6 Å². The van der Waals surface area contributed by atoms with Crippen LogP contribution in [-0.2, 0) is 16.7 Å². The average molecular weight is 365 g/mol. The number of benzene rings is 1. The van der Waals surface area contributed by atoms with Crippen LogP contribution in [0.2, 0.25) is 0 Å². The molecule has 1 aromatic carbocycles. The van der Waals surface area contributed by atoms with Crippen molar-refractivity contribution in [2.75, 3.05) is 0 Å². The number of carbonyl (C=O) groups is 1. The Hall–Kier alpha value is -2.28. The molecule has 0 spiro atoms. The van der Waals surface area contributed by atoms with Crippen LogP contribution in [0, 0.1) is 0 Å². The second-order valence-corrected chi connectivity index (χ2v) is 8.37. The largest absolute Gasteiger partial charge is 0.459 e. The number of carbonyl (C=O) groups excluding carboxylic acids is 1. The van der Waals surface area contributed by atoms with Crippen LogP contribution in [0.4, 0.5) is 0 Å². The average Bonchev–Trinajstić information content (AvgIpc) is 3.06. The Balaban J connectivity index is 2.20. The van der Waals surface area contributed by atoms with E-state index in [0.717, 1.165) is 5.56 Å². The molecule has 0 saturated heterocycles. The van der Waals surface area contributed by atoms with E-state index < -0.39 is 15.4 Å². The first-order valence-corrected chi connectivity index (χ1v) is 9.54. The number of hydrogen-bond acceptors (Lipinski definition) is 5. The lowest BCUT2D eigenvalue weighted by atomic mass is 10.1. The van der Waals surface area contributed by atoms with E-state index in [9.17, 15) is 13.2 Å². The number of hydrogen-bond donors (Lipinski definition) is 0. The third kappa shape index (κ3) is 4.85. The number of nitrogens with zero attached hydrogens (tertiary/aromatic N) is 1. The van der Waals surface area contributed by atoms with Crippen molar-refractivity contribution in [3.05, 3.63) is 54.0 Å². The zero-order valence-electron chi connectivity index (χ0n) is 14.8. The van der Waals surface area contributed by atoms with Gasteiger partial charge in [0.05, 0.1) is 11.5 Å². The Morgan fingerprint density at radius 3 is 2.44 bits per heavy atom. The van der Waals surface area contributed by atoms with Crippen LogP contribution in [0.5, 0.6) is 5.75 Å². The molecule has 0 bridgehead atoms. The Morgan fingerprint density at radius 2 is 1.88 bits per heavy atom. The highest BCUT2D eigenvalue weighted by atomic mass is 32.2. The molecule has 25 heavy (non-hydrogen) atoms. The molecule has 0 radical (unpaired) electrons. The quantitative estimate of drug-likeness (QED) is 0.703. The minimum absolute atomic E-state index is 0.0541. The van der Waals surface area contributed by atoms with E-state index in [1.54, 1.807) is 49.1 Å². The van der Waals surface area contributed by atoms with Gasteiger partial charge in [0.2, 0.25) is 0 Å². The van der Waals surface area contributed by atoms with E-state index in [0.29, 0.717) is 6.54 Å². The molecule has 1 aromatic heterocycles. The molecule has 1 amide bonds. The molecule has 1 heterocycles. The summed E-state index contributed by atoms with van der Waals surface area (Å²) in [6, 6.07) is 9.96. The third-order valence-corrected chi connectivity index (χ3v) is 5.24. The summed E-state index contributed by atoms with van der Waals surface area (Å²) in [5, 5.41) is -0.635. The number of rotatable bonds is 7. The van der Waals surface area contributed by atoms with Gasteiger partial charge in [0.15, 0.2) is 5.76 Å². The molecule has 7 heteroatoms. The fourth-order valence-corrected chi connectivity index (χ4v) is 2.72. The molecular formula is C18H23NO5S. The van der Waals surface area contributed by atoms with Gasteiger partial charge in [-0.15, -0.1) is 0 Å². The van der Waals surface area contributed by atoms with Crippen LogP contribution < -0.4 is 4.18 Å². The lowest BCUT2D eigenvalue weighted by Gasteiger charge is -2.26. The van der Waals surface area contributed by atoms with E-state index >= 15 is 0 Å². The monoisotopic (exact) mass is 365 g/mol. The van der Waals surface area contributed by atoms with Gasteiger partial charge in [-0.2, -0.15) is 8.42 Å². The summed E-state index contributed by atoms with van der Waals surface area (Å²) in [6.07, 6.45) is 1.46. The molecule has 0 saturated carbocycles. The maximum absolute atomic E-state index is 12.6. The zero-order chi connectivity index (χ0) is 18.6. The van der Waals surface area contributed by atoms with Crippen molar-refractivity contribution in [2.24, 2.45) is 0 Å². The lowest BCUT2D eigenvalue weighted by Crippen LogP contribution is -2.36. The first kappa shape index (κ1) is 19.1. The van der Waals surface area contributed by atoms with E-state index in [-0.39, 0.29) is 23.5 Å². The van der Waals surface area contributed by atoms with Crippen LogP contribution >= 0.6 is 0 Å². The molecule has 2 aromatic rings. The highest BCUT2D eigenvalue weighted by molar-refractivity contribution is 7.87. The smallest absolute Gasteiger partial charge is 0.311 e. The molecule has 0 aliphatic heterocycles. The minimum atomic E-state index is -3.66. The molecule has 0 atom stereocenters. The van der Waals surface area contributed by atoms with Gasteiger partial charge in [0.25, 0.3) is 5.91 Å². The summed E-state index contributed by atoms with van der Waals surface area (Å²) in [6.45, 7) is 7.24. The number of amides is 1. The van der Waals surface area contributed by atoms with Crippen LogP contribution in [0.3, 0.4) is 0 Å². The van der Waals surface area contributed by atoms with Crippen molar-refractivity contribution < 1.29 is 21.8 Å². The van der Waals surface area contributed by atoms with Crippen molar-refractivity contribution in [1.29, 1.82) is 0 Å². The normalized spacial score (nSPS) is 11.8. The molecule has 2 rings (SSSR count). The first-order valence-electron chi connectivity index (χ1n) is 8.07. The van der Waals surface area contributed by atoms with Gasteiger partial charge < -0.3 is 13.5 Å². The fourth-order valence-electron chi connectivity index (χ4n) is 2.15. The summed E-state index contributed by atoms with van der Waals surface area (Å²) < 4.78 is 34.1. The second kappa shape index (κ2) is 7.74. The Morgan fingerprint density at radius 1 is 1.16 bits per heavy atom. The highest BCUT2D eigenvalue weighted by Gasteiger charge is 2.22. The van der Waals surface area contributed by atoms with Crippen molar-refractivity contribution in [2.45, 2.75) is 45.5 Å². The molecule has 0 N–H and O–H groups in total. The predicted molar refractivity (Wildman–Crippen MR) is 94.8 cm³/mol. The molecule has 136 valence electrons. The molecular weight excluding hydrogens is 342 g/mol. The summed E-state index contributed by atoms with van der Waals surface area (Å²) in [5.41, 5.74) is 0.769. The van der Waals surface area contributed by atoms with Crippen molar-refractivity contribution in [1.82, 2.24) is 4.90 Å². The molecule has 6 nitrogen and oxygen atoms in total. The van der Waals surface area contributed by atoms with Crippen LogP contribution in [0.15, 0.2) is 47.1 Å². The Bertz CT molecular complexity index is 810. The SMILES string of the molecule is CC(C)N(Cc1cccc(OS(=O)(=O)C(C)C)c1)C(=O)c1ccco1. The molecule has 0 aliphatic rings. The zero-order valence-corrected chi connectivity index (χ0v) is 15.6. The molecule has 0 fully saturated rings. The topological polar surface area (TPSA) is 76.8 Å². The van der Waals surface area contributed by atoms with Crippen LogP contribution in [0.25, 0.3) is 0 Å². The van der Waals surface area contributed by atoms with Crippen molar-refractivity contribution >= 4 is 16.0 Å². The van der Waals surface area contributed by atoms with E-state index in [2.05, 4.69) is 0 Å². The third-order valence-electron chi connectivity index (χ3n) is 3.66. The van der Waals surface area contributed by atoms with E-state index in [1.807, 2.05) is 19.9 Å².